The number of hydrogen-bond donors (Lipinski definition) is 1. The molecule has 2 aromatic heterocycles. The molecular weight excluding hydrogens is 310 g/mol. The van der Waals surface area contributed by atoms with Gasteiger partial charge in [0.25, 0.3) is 0 Å². The van der Waals surface area contributed by atoms with Gasteiger partial charge in [-0.15, -0.1) is 0 Å². The van der Waals surface area contributed by atoms with Crippen molar-refractivity contribution in [2.75, 3.05) is 5.32 Å². The minimum atomic E-state index is 0.698. The number of benzene rings is 2. The zero-order chi connectivity index (χ0) is 17.6. The first-order valence-corrected chi connectivity index (χ1v) is 8.38. The molecule has 0 bridgehead atoms. The van der Waals surface area contributed by atoms with E-state index in [9.17, 15) is 0 Å². The topological polar surface area (TPSA) is 55.6 Å². The maximum absolute atomic E-state index is 4.63. The summed E-state index contributed by atoms with van der Waals surface area (Å²) in [6, 6.07) is 16.1. The molecule has 0 radical (unpaired) electrons. The number of nitrogens with one attached hydrogen (secondary N) is 1. The maximum atomic E-state index is 4.63. The summed E-state index contributed by atoms with van der Waals surface area (Å²) >= 11 is 0. The molecule has 0 aliphatic carbocycles. The number of hydrogen-bond acceptors (Lipinski definition) is 4. The maximum Gasteiger partial charge on any atom is 0.159 e. The van der Waals surface area contributed by atoms with Crippen LogP contribution >= 0.6 is 0 Å². The zero-order valence-corrected chi connectivity index (χ0v) is 14.6. The van der Waals surface area contributed by atoms with E-state index in [1.807, 2.05) is 54.8 Å². The van der Waals surface area contributed by atoms with Gasteiger partial charge in [0.05, 0.1) is 23.4 Å². The minimum absolute atomic E-state index is 0.698. The fourth-order valence-electron chi connectivity index (χ4n) is 2.46. The van der Waals surface area contributed by atoms with Gasteiger partial charge in [0.15, 0.2) is 11.6 Å². The Morgan fingerprint density at radius 2 is 1.68 bits per heavy atom. The second-order valence-corrected chi connectivity index (χ2v) is 5.36. The van der Waals surface area contributed by atoms with Crippen molar-refractivity contribution in [1.82, 2.24) is 19.5 Å². The number of fused-ring (bicyclic) bond motifs is 1. The lowest BCUT2D eigenvalue weighted by molar-refractivity contribution is 0.999. The molecule has 0 atom stereocenters. The third kappa shape index (κ3) is 3.66. The van der Waals surface area contributed by atoms with E-state index in [1.54, 1.807) is 18.7 Å². The van der Waals surface area contributed by atoms with Crippen LogP contribution in [0, 0.1) is 6.92 Å². The van der Waals surface area contributed by atoms with Crippen molar-refractivity contribution in [3.63, 3.8) is 0 Å². The summed E-state index contributed by atoms with van der Waals surface area (Å²) in [7, 11) is 0. The molecular formula is C20H21N5. The SMILES string of the molecule is CC.Cc1ccc(Nc2cncc(-n3cnc4ccccc43)n2)cc1. The van der Waals surface area contributed by atoms with Gasteiger partial charge in [-0.1, -0.05) is 43.7 Å². The van der Waals surface area contributed by atoms with Gasteiger partial charge in [0.1, 0.15) is 6.33 Å². The van der Waals surface area contributed by atoms with Crippen molar-refractivity contribution in [1.29, 1.82) is 0 Å². The summed E-state index contributed by atoms with van der Waals surface area (Å²) in [5.74, 6) is 1.43. The molecule has 0 saturated carbocycles. The minimum Gasteiger partial charge on any atom is -0.339 e. The summed E-state index contributed by atoms with van der Waals surface area (Å²) in [6.07, 6.45) is 5.21. The van der Waals surface area contributed by atoms with E-state index in [1.165, 1.54) is 5.56 Å². The van der Waals surface area contributed by atoms with Gasteiger partial charge >= 0.3 is 0 Å². The molecule has 0 spiro atoms. The predicted octanol–water partition coefficient (Wildman–Crippen LogP) is 4.89. The van der Waals surface area contributed by atoms with Crippen molar-refractivity contribution in [3.8, 4) is 5.82 Å². The van der Waals surface area contributed by atoms with Crippen LogP contribution in [0.15, 0.2) is 67.3 Å². The highest BCUT2D eigenvalue weighted by Crippen LogP contribution is 2.19. The zero-order valence-electron chi connectivity index (χ0n) is 14.6. The van der Waals surface area contributed by atoms with E-state index in [-0.39, 0.29) is 0 Å². The fraction of sp³-hybridized carbons (Fsp3) is 0.150. The van der Waals surface area contributed by atoms with Crippen molar-refractivity contribution in [3.05, 3.63) is 72.8 Å². The summed E-state index contributed by atoms with van der Waals surface area (Å²) < 4.78 is 1.93. The van der Waals surface area contributed by atoms with Crippen molar-refractivity contribution in [2.24, 2.45) is 0 Å². The molecule has 0 aliphatic rings. The Morgan fingerprint density at radius 1 is 0.920 bits per heavy atom. The summed E-state index contributed by atoms with van der Waals surface area (Å²) in [5.41, 5.74) is 4.15. The Labute approximate surface area is 147 Å². The molecule has 5 heteroatoms. The van der Waals surface area contributed by atoms with Crippen molar-refractivity contribution in [2.45, 2.75) is 20.8 Å². The van der Waals surface area contributed by atoms with Crippen LogP contribution in [-0.4, -0.2) is 19.5 Å². The molecule has 5 nitrogen and oxygen atoms in total. The van der Waals surface area contributed by atoms with Crippen LogP contribution in [0.4, 0.5) is 11.5 Å². The van der Waals surface area contributed by atoms with E-state index in [0.717, 1.165) is 22.5 Å². The molecule has 25 heavy (non-hydrogen) atoms. The van der Waals surface area contributed by atoms with Gasteiger partial charge in [0, 0.05) is 5.69 Å². The lowest BCUT2D eigenvalue weighted by atomic mass is 10.2. The highest BCUT2D eigenvalue weighted by Gasteiger charge is 2.06. The smallest absolute Gasteiger partial charge is 0.159 e. The van der Waals surface area contributed by atoms with Gasteiger partial charge in [-0.05, 0) is 31.2 Å². The summed E-state index contributed by atoms with van der Waals surface area (Å²) in [6.45, 7) is 6.06. The standard InChI is InChI=1S/C18H15N5.C2H6/c1-13-6-8-14(9-7-13)21-17-10-19-11-18(22-17)23-12-20-15-4-2-3-5-16(15)23;1-2/h2-12H,1H3,(H,21,22);1-2H3. The summed E-state index contributed by atoms with van der Waals surface area (Å²) in [5, 5.41) is 3.27. The van der Waals surface area contributed by atoms with E-state index < -0.39 is 0 Å². The first kappa shape index (κ1) is 16.6. The van der Waals surface area contributed by atoms with Crippen LogP contribution < -0.4 is 5.32 Å². The molecule has 2 aromatic carbocycles. The van der Waals surface area contributed by atoms with E-state index in [0.29, 0.717) is 5.82 Å². The molecule has 2 heterocycles. The van der Waals surface area contributed by atoms with Gasteiger partial charge in [-0.2, -0.15) is 0 Å². The number of aryl methyl sites for hydroxylation is 1. The van der Waals surface area contributed by atoms with Gasteiger partial charge in [-0.25, -0.2) is 9.97 Å². The van der Waals surface area contributed by atoms with Crippen LogP contribution in [0.1, 0.15) is 19.4 Å². The molecule has 0 unspecified atom stereocenters. The molecule has 1 N–H and O–H groups in total. The highest BCUT2D eigenvalue weighted by molar-refractivity contribution is 5.76. The van der Waals surface area contributed by atoms with Crippen LogP contribution in [0.25, 0.3) is 16.9 Å². The third-order valence-corrected chi connectivity index (χ3v) is 3.65. The molecule has 0 saturated heterocycles. The number of aromatic nitrogens is 4. The van der Waals surface area contributed by atoms with E-state index >= 15 is 0 Å². The number of anilines is 2. The Morgan fingerprint density at radius 3 is 2.48 bits per heavy atom. The average Bonchev–Trinajstić information content (AvgIpc) is 3.10. The first-order chi connectivity index (χ1) is 12.3. The normalized spacial score (nSPS) is 10.2. The number of rotatable bonds is 3. The number of para-hydroxylation sites is 2. The van der Waals surface area contributed by atoms with Gasteiger partial charge in [-0.3, -0.25) is 9.55 Å². The largest absolute Gasteiger partial charge is 0.339 e. The fourth-order valence-corrected chi connectivity index (χ4v) is 2.46. The second-order valence-electron chi connectivity index (χ2n) is 5.36. The quantitative estimate of drug-likeness (QED) is 0.580. The molecule has 126 valence electrons. The summed E-state index contributed by atoms with van der Waals surface area (Å²) in [4.78, 5) is 13.3. The molecule has 4 rings (SSSR count). The lowest BCUT2D eigenvalue weighted by Gasteiger charge is -2.08. The van der Waals surface area contributed by atoms with E-state index in [4.69, 9.17) is 0 Å². The third-order valence-electron chi connectivity index (χ3n) is 3.65. The molecule has 4 aromatic rings. The first-order valence-electron chi connectivity index (χ1n) is 8.38. The van der Waals surface area contributed by atoms with Crippen LogP contribution in [-0.2, 0) is 0 Å². The number of imidazole rings is 1. The molecule has 0 amide bonds. The predicted molar refractivity (Wildman–Crippen MR) is 102 cm³/mol. The van der Waals surface area contributed by atoms with Crippen molar-refractivity contribution < 1.29 is 0 Å². The van der Waals surface area contributed by atoms with Crippen LogP contribution in [0.3, 0.4) is 0 Å². The Bertz CT molecular complexity index is 957. The highest BCUT2D eigenvalue weighted by atomic mass is 15.1. The average molecular weight is 331 g/mol. The van der Waals surface area contributed by atoms with Gasteiger partial charge < -0.3 is 5.32 Å². The monoisotopic (exact) mass is 331 g/mol. The van der Waals surface area contributed by atoms with Crippen molar-refractivity contribution >= 4 is 22.5 Å². The van der Waals surface area contributed by atoms with Crippen LogP contribution in [0.5, 0.6) is 0 Å². The molecule has 0 aliphatic heterocycles. The van der Waals surface area contributed by atoms with Crippen LogP contribution in [0.2, 0.25) is 0 Å². The molecule has 0 fully saturated rings. The number of nitrogens with zero attached hydrogens (tertiary/aromatic N) is 4. The van der Waals surface area contributed by atoms with E-state index in [2.05, 4.69) is 39.3 Å². The Hall–Kier alpha value is -3.21. The Balaban J connectivity index is 0.000000880. The lowest BCUT2D eigenvalue weighted by Crippen LogP contribution is -2.01. The Kier molecular flexibility index (Phi) is 5.04. The second kappa shape index (κ2) is 7.57. The van der Waals surface area contributed by atoms with Gasteiger partial charge in [0.2, 0.25) is 0 Å².